The Morgan fingerprint density at radius 2 is 2.21 bits per heavy atom. The molecule has 1 aromatic rings. The van der Waals surface area contributed by atoms with Crippen LogP contribution in [0.2, 0.25) is 0 Å². The molecule has 0 unspecified atom stereocenters. The van der Waals surface area contributed by atoms with Gasteiger partial charge in [-0.25, -0.2) is 4.79 Å². The van der Waals surface area contributed by atoms with Crippen LogP contribution in [-0.4, -0.2) is 68.9 Å². The van der Waals surface area contributed by atoms with Crippen LogP contribution in [0, 0.1) is 11.3 Å². The summed E-state index contributed by atoms with van der Waals surface area (Å²) >= 11 is 0. The monoisotopic (exact) mass is 332 g/mol. The third kappa shape index (κ3) is 5.72. The maximum Gasteiger partial charge on any atom is 0.321 e. The molecule has 0 bridgehead atoms. The molecule has 1 aliphatic heterocycles. The molecule has 0 saturated carbocycles. The van der Waals surface area contributed by atoms with Crippen LogP contribution in [0.15, 0.2) is 24.3 Å². The van der Waals surface area contributed by atoms with Crippen LogP contribution in [0.1, 0.15) is 6.42 Å². The highest BCUT2D eigenvalue weighted by Crippen LogP contribution is 2.17. The number of anilines is 1. The number of hydrogen-bond acceptors (Lipinski definition) is 5. The van der Waals surface area contributed by atoms with Gasteiger partial charge in [-0.05, 0) is 12.1 Å². The number of amides is 2. The summed E-state index contributed by atoms with van der Waals surface area (Å²) in [4.78, 5) is 16.5. The van der Waals surface area contributed by atoms with E-state index in [1.165, 1.54) is 0 Å². The highest BCUT2D eigenvalue weighted by atomic mass is 16.5. The minimum atomic E-state index is -0.202. The molecule has 1 saturated heterocycles. The summed E-state index contributed by atoms with van der Waals surface area (Å²) in [6.45, 7) is 4.99. The molecular formula is C17H24N4O3. The largest absolute Gasteiger partial charge is 0.497 e. The van der Waals surface area contributed by atoms with Gasteiger partial charge in [0.1, 0.15) is 5.75 Å². The van der Waals surface area contributed by atoms with E-state index in [9.17, 15) is 4.79 Å². The van der Waals surface area contributed by atoms with Crippen molar-refractivity contribution in [3.63, 3.8) is 0 Å². The van der Waals surface area contributed by atoms with E-state index in [0.29, 0.717) is 30.9 Å². The number of hydrogen-bond donors (Lipinski definition) is 1. The smallest absolute Gasteiger partial charge is 0.321 e. The van der Waals surface area contributed by atoms with Gasteiger partial charge in [-0.1, -0.05) is 6.07 Å². The molecule has 7 heteroatoms. The second kappa shape index (κ2) is 9.75. The normalized spacial score (nSPS) is 14.7. The van der Waals surface area contributed by atoms with Crippen molar-refractivity contribution in [3.05, 3.63) is 24.3 Å². The number of carbonyl (C=O) groups excluding carboxylic acids is 1. The van der Waals surface area contributed by atoms with E-state index < -0.39 is 0 Å². The quantitative estimate of drug-likeness (QED) is 0.823. The minimum absolute atomic E-state index is 0.202. The molecule has 0 aliphatic carbocycles. The molecule has 7 nitrogen and oxygen atoms in total. The molecule has 1 aromatic carbocycles. The first-order valence-corrected chi connectivity index (χ1v) is 8.10. The van der Waals surface area contributed by atoms with E-state index >= 15 is 0 Å². The maximum atomic E-state index is 12.5. The van der Waals surface area contributed by atoms with Crippen LogP contribution < -0.4 is 10.1 Å². The Bertz CT molecular complexity index is 567. The summed E-state index contributed by atoms with van der Waals surface area (Å²) in [5.74, 6) is 0.685. The van der Waals surface area contributed by atoms with Gasteiger partial charge in [0.05, 0.1) is 32.8 Å². The number of nitrogens with zero attached hydrogens (tertiary/aromatic N) is 3. The van der Waals surface area contributed by atoms with Gasteiger partial charge in [0.2, 0.25) is 0 Å². The summed E-state index contributed by atoms with van der Waals surface area (Å²) < 4.78 is 10.5. The Labute approximate surface area is 142 Å². The number of urea groups is 1. The molecule has 0 spiro atoms. The molecule has 2 amide bonds. The van der Waals surface area contributed by atoms with Crippen LogP contribution in [0.4, 0.5) is 10.5 Å². The first-order chi connectivity index (χ1) is 11.7. The summed E-state index contributed by atoms with van der Waals surface area (Å²) in [5.41, 5.74) is 0.674. The molecule has 1 fully saturated rings. The van der Waals surface area contributed by atoms with Crippen LogP contribution in [0.5, 0.6) is 5.75 Å². The summed E-state index contributed by atoms with van der Waals surface area (Å²) in [5, 5.41) is 11.7. The zero-order valence-electron chi connectivity index (χ0n) is 14.0. The lowest BCUT2D eigenvalue weighted by atomic mass is 10.3. The lowest BCUT2D eigenvalue weighted by molar-refractivity contribution is 0.0352. The van der Waals surface area contributed by atoms with E-state index in [0.717, 1.165) is 32.8 Å². The number of rotatable bonds is 7. The fraction of sp³-hybridized carbons (Fsp3) is 0.529. The minimum Gasteiger partial charge on any atom is -0.497 e. The summed E-state index contributed by atoms with van der Waals surface area (Å²) in [7, 11) is 1.59. The van der Waals surface area contributed by atoms with Crippen molar-refractivity contribution in [1.82, 2.24) is 9.80 Å². The van der Waals surface area contributed by atoms with Gasteiger partial charge in [-0.15, -0.1) is 0 Å². The zero-order valence-corrected chi connectivity index (χ0v) is 14.0. The van der Waals surface area contributed by atoms with Crippen molar-refractivity contribution in [2.24, 2.45) is 0 Å². The zero-order chi connectivity index (χ0) is 17.2. The molecule has 0 aromatic heterocycles. The van der Waals surface area contributed by atoms with E-state index in [4.69, 9.17) is 14.7 Å². The van der Waals surface area contributed by atoms with Gasteiger partial charge < -0.3 is 19.7 Å². The van der Waals surface area contributed by atoms with E-state index in [1.807, 2.05) is 18.2 Å². The Morgan fingerprint density at radius 3 is 2.92 bits per heavy atom. The van der Waals surface area contributed by atoms with Gasteiger partial charge in [0.25, 0.3) is 0 Å². The average molecular weight is 332 g/mol. The Kier molecular flexibility index (Phi) is 7.33. The third-order valence-electron chi connectivity index (χ3n) is 3.89. The van der Waals surface area contributed by atoms with E-state index in [2.05, 4.69) is 16.3 Å². The molecule has 2 rings (SSSR count). The maximum absolute atomic E-state index is 12.5. The van der Waals surface area contributed by atoms with Crippen LogP contribution >= 0.6 is 0 Å². The third-order valence-corrected chi connectivity index (χ3v) is 3.89. The number of nitrogens with one attached hydrogen (secondary N) is 1. The highest BCUT2D eigenvalue weighted by molar-refractivity contribution is 5.89. The SMILES string of the molecule is COc1cccc(NC(=O)N(CCC#N)CCN2CCOCC2)c1. The molecule has 24 heavy (non-hydrogen) atoms. The van der Waals surface area contributed by atoms with Gasteiger partial charge in [-0.3, -0.25) is 4.90 Å². The number of benzene rings is 1. The Morgan fingerprint density at radius 1 is 1.42 bits per heavy atom. The number of nitriles is 1. The lowest BCUT2D eigenvalue weighted by Crippen LogP contribution is -2.44. The van der Waals surface area contributed by atoms with Crippen molar-refractivity contribution in [2.75, 3.05) is 58.4 Å². The number of carbonyl (C=O) groups is 1. The van der Waals surface area contributed by atoms with Crippen molar-refractivity contribution < 1.29 is 14.3 Å². The van der Waals surface area contributed by atoms with Gasteiger partial charge >= 0.3 is 6.03 Å². The predicted octanol–water partition coefficient (Wildman–Crippen LogP) is 1.77. The average Bonchev–Trinajstić information content (AvgIpc) is 2.62. The van der Waals surface area contributed by atoms with Crippen LogP contribution in [0.25, 0.3) is 0 Å². The van der Waals surface area contributed by atoms with Crippen LogP contribution in [0.3, 0.4) is 0 Å². The molecule has 0 radical (unpaired) electrons. The molecule has 130 valence electrons. The lowest BCUT2D eigenvalue weighted by Gasteiger charge is -2.30. The number of morpholine rings is 1. The molecule has 1 N–H and O–H groups in total. The first-order valence-electron chi connectivity index (χ1n) is 8.10. The van der Waals surface area contributed by atoms with Gasteiger partial charge in [-0.2, -0.15) is 5.26 Å². The fourth-order valence-corrected chi connectivity index (χ4v) is 2.49. The molecular weight excluding hydrogens is 308 g/mol. The van der Waals surface area contributed by atoms with Crippen molar-refractivity contribution in [3.8, 4) is 11.8 Å². The fourth-order valence-electron chi connectivity index (χ4n) is 2.49. The molecule has 1 heterocycles. The predicted molar refractivity (Wildman–Crippen MR) is 91.1 cm³/mol. The topological polar surface area (TPSA) is 77.8 Å². The molecule has 1 aliphatic rings. The van der Waals surface area contributed by atoms with Gasteiger partial charge in [0, 0.05) is 44.5 Å². The van der Waals surface area contributed by atoms with E-state index in [1.54, 1.807) is 18.1 Å². The van der Waals surface area contributed by atoms with E-state index in [-0.39, 0.29) is 6.03 Å². The highest BCUT2D eigenvalue weighted by Gasteiger charge is 2.16. The second-order valence-corrected chi connectivity index (χ2v) is 5.51. The summed E-state index contributed by atoms with van der Waals surface area (Å²) in [6, 6.07) is 9.11. The van der Waals surface area contributed by atoms with Gasteiger partial charge in [0.15, 0.2) is 0 Å². The number of ether oxygens (including phenoxy) is 2. The standard InChI is InChI=1S/C17H24N4O3/c1-23-16-5-2-4-15(14-16)19-17(22)21(7-3-6-18)9-8-20-10-12-24-13-11-20/h2,4-5,14H,3,7-13H2,1H3,(H,19,22). The van der Waals surface area contributed by atoms with Crippen LogP contribution in [-0.2, 0) is 4.74 Å². The van der Waals surface area contributed by atoms with Crippen molar-refractivity contribution >= 4 is 11.7 Å². The Hall–Kier alpha value is -2.30. The molecule has 0 atom stereocenters. The first kappa shape index (κ1) is 18.0. The Balaban J connectivity index is 1.91. The van der Waals surface area contributed by atoms with Crippen molar-refractivity contribution in [1.29, 1.82) is 5.26 Å². The second-order valence-electron chi connectivity index (χ2n) is 5.51. The van der Waals surface area contributed by atoms with Crippen molar-refractivity contribution in [2.45, 2.75) is 6.42 Å². The number of methoxy groups -OCH3 is 1. The summed E-state index contributed by atoms with van der Waals surface area (Å²) in [6.07, 6.45) is 0.314.